The van der Waals surface area contributed by atoms with Gasteiger partial charge in [0.2, 0.25) is 11.8 Å². The number of nitrogens with zero attached hydrogens (tertiary/aromatic N) is 2. The van der Waals surface area contributed by atoms with E-state index in [1.807, 2.05) is 13.8 Å². The van der Waals surface area contributed by atoms with Gasteiger partial charge < -0.3 is 10.2 Å². The fraction of sp³-hybridized carbons (Fsp3) is 0.750. The van der Waals surface area contributed by atoms with E-state index in [0.29, 0.717) is 35.1 Å². The second-order valence-corrected chi connectivity index (χ2v) is 14.2. The highest BCUT2D eigenvalue weighted by atomic mass is 32.2. The van der Waals surface area contributed by atoms with Crippen molar-refractivity contribution < 1.29 is 18.0 Å². The average Bonchev–Trinajstić information content (AvgIpc) is 3.32. The van der Waals surface area contributed by atoms with Crippen molar-refractivity contribution in [2.24, 2.45) is 29.1 Å². The number of carbonyl (C=O) groups is 2. The summed E-state index contributed by atoms with van der Waals surface area (Å²) in [5.41, 5.74) is -0.282. The van der Waals surface area contributed by atoms with Gasteiger partial charge in [0.15, 0.2) is 0 Å². The van der Waals surface area contributed by atoms with Crippen LogP contribution in [0.25, 0.3) is 0 Å². The number of nitrogens with one attached hydrogen (secondary N) is 1. The number of hydrogen-bond acceptors (Lipinski definition) is 5. The van der Waals surface area contributed by atoms with Crippen LogP contribution >= 0.6 is 11.3 Å². The minimum absolute atomic E-state index is 0.0248. The molecule has 4 aliphatic carbocycles. The van der Waals surface area contributed by atoms with E-state index in [1.165, 1.54) is 34.9 Å². The van der Waals surface area contributed by atoms with Crippen LogP contribution in [-0.4, -0.2) is 61.7 Å². The number of piperazine rings is 1. The van der Waals surface area contributed by atoms with Gasteiger partial charge in [-0.05, 0) is 73.6 Å². The maximum atomic E-state index is 13.5. The zero-order valence-corrected chi connectivity index (χ0v) is 21.2. The highest BCUT2D eigenvalue weighted by Gasteiger charge is 2.55. The summed E-state index contributed by atoms with van der Waals surface area (Å²) in [5, 5.41) is 4.93. The van der Waals surface area contributed by atoms with E-state index in [-0.39, 0.29) is 36.2 Å². The molecule has 9 heteroatoms. The number of hydrogen-bond donors (Lipinski definition) is 1. The third-order valence-corrected chi connectivity index (χ3v) is 11.7. The molecule has 1 aliphatic heterocycles. The van der Waals surface area contributed by atoms with Gasteiger partial charge in [-0.2, -0.15) is 4.31 Å². The lowest BCUT2D eigenvalue weighted by Crippen LogP contribution is -2.60. The van der Waals surface area contributed by atoms with Crippen LogP contribution in [-0.2, 0) is 19.6 Å². The van der Waals surface area contributed by atoms with Gasteiger partial charge in [-0.3, -0.25) is 9.59 Å². The zero-order chi connectivity index (χ0) is 23.4. The molecule has 2 heterocycles. The first-order chi connectivity index (χ1) is 15.7. The Hall–Kier alpha value is -1.45. The summed E-state index contributed by atoms with van der Waals surface area (Å²) in [6.45, 7) is 5.19. The van der Waals surface area contributed by atoms with Gasteiger partial charge in [-0.15, -0.1) is 11.3 Å². The Labute approximate surface area is 201 Å². The van der Waals surface area contributed by atoms with Gasteiger partial charge in [0.05, 0.1) is 0 Å². The molecule has 7 nitrogen and oxygen atoms in total. The van der Waals surface area contributed by atoms with E-state index in [0.717, 1.165) is 19.3 Å². The van der Waals surface area contributed by atoms with Crippen molar-refractivity contribution in [1.82, 2.24) is 14.5 Å². The quantitative estimate of drug-likeness (QED) is 0.660. The molecule has 0 spiro atoms. The Morgan fingerprint density at radius 1 is 1.03 bits per heavy atom. The Bertz CT molecular complexity index is 962. The molecule has 1 aromatic heterocycles. The lowest BCUT2D eigenvalue weighted by atomic mass is 9.49. The molecule has 5 aliphatic rings. The molecule has 0 radical (unpaired) electrons. The molecule has 1 aromatic rings. The number of rotatable bonds is 6. The molecule has 182 valence electrons. The second-order valence-electron chi connectivity index (χ2n) is 11.1. The molecule has 0 aromatic carbocycles. The maximum Gasteiger partial charge on any atom is 0.252 e. The summed E-state index contributed by atoms with van der Waals surface area (Å²) in [6, 6.07) is 2.79. The van der Waals surface area contributed by atoms with Crippen molar-refractivity contribution in [3.05, 3.63) is 17.5 Å². The molecule has 1 saturated heterocycles. The van der Waals surface area contributed by atoms with Gasteiger partial charge in [-0.25, -0.2) is 8.42 Å². The third-order valence-electron chi connectivity index (χ3n) is 8.38. The van der Waals surface area contributed by atoms with E-state index in [4.69, 9.17) is 0 Å². The summed E-state index contributed by atoms with van der Waals surface area (Å²) >= 11 is 1.21. The zero-order valence-electron chi connectivity index (χ0n) is 19.5. The highest BCUT2D eigenvalue weighted by molar-refractivity contribution is 7.91. The highest BCUT2D eigenvalue weighted by Crippen LogP contribution is 2.60. The summed E-state index contributed by atoms with van der Waals surface area (Å²) in [6.07, 6.45) is 6.75. The van der Waals surface area contributed by atoms with Crippen LogP contribution in [0, 0.1) is 29.1 Å². The van der Waals surface area contributed by atoms with Gasteiger partial charge in [0.25, 0.3) is 10.0 Å². The Balaban J connectivity index is 1.23. The first kappa shape index (κ1) is 23.3. The smallest absolute Gasteiger partial charge is 0.252 e. The van der Waals surface area contributed by atoms with Crippen molar-refractivity contribution in [2.75, 3.05) is 26.2 Å². The van der Waals surface area contributed by atoms with Gasteiger partial charge in [-0.1, -0.05) is 19.9 Å². The fourth-order valence-electron chi connectivity index (χ4n) is 7.08. The van der Waals surface area contributed by atoms with E-state index in [1.54, 1.807) is 22.4 Å². The lowest BCUT2D eigenvalue weighted by Gasteiger charge is -2.56. The molecule has 1 unspecified atom stereocenters. The van der Waals surface area contributed by atoms with Crippen LogP contribution in [0.5, 0.6) is 0 Å². The normalized spacial score (nSPS) is 32.8. The molecule has 5 fully saturated rings. The fourth-order valence-corrected chi connectivity index (χ4v) is 9.65. The first-order valence-corrected chi connectivity index (χ1v) is 14.6. The van der Waals surface area contributed by atoms with E-state index in [9.17, 15) is 18.0 Å². The maximum absolute atomic E-state index is 13.5. The van der Waals surface area contributed by atoms with Crippen molar-refractivity contribution in [2.45, 2.75) is 62.6 Å². The van der Waals surface area contributed by atoms with Gasteiger partial charge >= 0.3 is 0 Å². The number of sulfonamides is 1. The minimum atomic E-state index is -3.51. The summed E-state index contributed by atoms with van der Waals surface area (Å²) in [4.78, 5) is 28.7. The molecule has 6 rings (SSSR count). The lowest BCUT2D eigenvalue weighted by molar-refractivity contribution is -0.151. The predicted octanol–water partition coefficient (Wildman–Crippen LogP) is 2.94. The molecule has 4 bridgehead atoms. The molecular weight excluding hydrogens is 458 g/mol. The summed E-state index contributed by atoms with van der Waals surface area (Å²) < 4.78 is 27.4. The van der Waals surface area contributed by atoms with E-state index >= 15 is 0 Å². The molecule has 4 saturated carbocycles. The van der Waals surface area contributed by atoms with Crippen molar-refractivity contribution in [3.8, 4) is 0 Å². The topological polar surface area (TPSA) is 86.8 Å². The number of thiophene rings is 1. The molecule has 1 atom stereocenters. The number of amides is 2. The molecule has 33 heavy (non-hydrogen) atoms. The summed E-state index contributed by atoms with van der Waals surface area (Å²) in [7, 11) is -3.51. The van der Waals surface area contributed by atoms with Crippen LogP contribution < -0.4 is 5.32 Å². The average molecular weight is 494 g/mol. The van der Waals surface area contributed by atoms with Gasteiger partial charge in [0.1, 0.15) is 10.3 Å². The van der Waals surface area contributed by atoms with Crippen LogP contribution in [0.4, 0.5) is 0 Å². The van der Waals surface area contributed by atoms with Crippen LogP contribution in [0.1, 0.15) is 52.4 Å². The van der Waals surface area contributed by atoms with Crippen molar-refractivity contribution in [3.63, 3.8) is 0 Å². The molecule has 2 amide bonds. The van der Waals surface area contributed by atoms with Crippen molar-refractivity contribution in [1.29, 1.82) is 0 Å². The third kappa shape index (κ3) is 4.25. The summed E-state index contributed by atoms with van der Waals surface area (Å²) in [5.74, 6) is 1.99. The van der Waals surface area contributed by atoms with Crippen LogP contribution in [0.2, 0.25) is 0 Å². The van der Waals surface area contributed by atoms with Crippen molar-refractivity contribution >= 4 is 33.2 Å². The SMILES string of the molecule is CC(C)C(NC(=O)C12CC3CC(CC(C3)C1)C2)C(=O)N1CCN(S(=O)(=O)c2cccs2)CC1. The van der Waals surface area contributed by atoms with E-state index < -0.39 is 16.1 Å². The standard InChI is InChI=1S/C24H35N3O4S2/c1-16(2)21(25-23(29)24-13-17-10-18(14-24)12-19(11-17)15-24)22(28)26-5-7-27(8-6-26)33(30,31)20-4-3-9-32-20/h3-4,9,16-19,21H,5-8,10-15H2,1-2H3,(H,25,29). The Morgan fingerprint density at radius 3 is 2.09 bits per heavy atom. The van der Waals surface area contributed by atoms with Crippen LogP contribution in [0.3, 0.4) is 0 Å². The number of carbonyl (C=O) groups excluding carboxylic acids is 2. The van der Waals surface area contributed by atoms with E-state index in [2.05, 4.69) is 5.32 Å². The Morgan fingerprint density at radius 2 is 1.61 bits per heavy atom. The molecular formula is C24H35N3O4S2. The first-order valence-electron chi connectivity index (χ1n) is 12.3. The monoisotopic (exact) mass is 493 g/mol. The van der Waals surface area contributed by atoms with Crippen LogP contribution in [0.15, 0.2) is 21.7 Å². The van der Waals surface area contributed by atoms with Gasteiger partial charge in [0, 0.05) is 31.6 Å². The minimum Gasteiger partial charge on any atom is -0.344 e. The predicted molar refractivity (Wildman–Crippen MR) is 127 cm³/mol. The second kappa shape index (κ2) is 8.64. The Kier molecular flexibility index (Phi) is 6.10. The molecule has 1 N–H and O–H groups in total. The largest absolute Gasteiger partial charge is 0.344 e.